The third-order valence-corrected chi connectivity index (χ3v) is 2.98. The number of nitrogens with one attached hydrogen (secondary N) is 3. The zero-order valence-corrected chi connectivity index (χ0v) is 11.9. The SMILES string of the molecule is CCNc1cc(C)ccc1C(=O)NC(C)c1ncn[nH]1. The van der Waals surface area contributed by atoms with Gasteiger partial charge in [-0.1, -0.05) is 6.07 Å². The van der Waals surface area contributed by atoms with E-state index in [1.807, 2.05) is 39.0 Å². The Balaban J connectivity index is 2.16. The number of hydrogen-bond acceptors (Lipinski definition) is 4. The van der Waals surface area contributed by atoms with E-state index in [0.29, 0.717) is 11.4 Å². The second-order valence-corrected chi connectivity index (χ2v) is 4.65. The quantitative estimate of drug-likeness (QED) is 0.778. The highest BCUT2D eigenvalue weighted by molar-refractivity contribution is 5.99. The zero-order chi connectivity index (χ0) is 14.5. The molecule has 3 N–H and O–H groups in total. The summed E-state index contributed by atoms with van der Waals surface area (Å²) in [4.78, 5) is 16.4. The van der Waals surface area contributed by atoms with Crippen LogP contribution in [0.15, 0.2) is 24.5 Å². The Bertz CT molecular complexity index is 579. The first kappa shape index (κ1) is 14.0. The van der Waals surface area contributed by atoms with Crippen LogP contribution < -0.4 is 10.6 Å². The standard InChI is InChI=1S/C14H19N5O/c1-4-15-12-7-9(2)5-6-11(12)14(20)18-10(3)13-16-8-17-19-13/h5-8,10,15H,4H2,1-3H3,(H,18,20)(H,16,17,19). The molecule has 1 aromatic carbocycles. The predicted molar refractivity (Wildman–Crippen MR) is 77.6 cm³/mol. The number of aromatic nitrogens is 3. The van der Waals surface area contributed by atoms with Gasteiger partial charge in [0.25, 0.3) is 5.91 Å². The molecule has 1 atom stereocenters. The van der Waals surface area contributed by atoms with E-state index >= 15 is 0 Å². The molecule has 1 unspecified atom stereocenters. The summed E-state index contributed by atoms with van der Waals surface area (Å²) in [7, 11) is 0. The van der Waals surface area contributed by atoms with Gasteiger partial charge in [0.2, 0.25) is 0 Å². The topological polar surface area (TPSA) is 82.7 Å². The van der Waals surface area contributed by atoms with Crippen LogP contribution in [-0.2, 0) is 0 Å². The van der Waals surface area contributed by atoms with Crippen molar-refractivity contribution in [2.24, 2.45) is 0 Å². The lowest BCUT2D eigenvalue weighted by atomic mass is 10.1. The first-order valence-corrected chi connectivity index (χ1v) is 6.62. The van der Waals surface area contributed by atoms with Crippen LogP contribution in [0.1, 0.15) is 41.6 Å². The van der Waals surface area contributed by atoms with E-state index < -0.39 is 0 Å². The van der Waals surface area contributed by atoms with Crippen LogP contribution in [0.25, 0.3) is 0 Å². The number of aryl methyl sites for hydroxylation is 1. The van der Waals surface area contributed by atoms with Crippen molar-refractivity contribution in [2.75, 3.05) is 11.9 Å². The first-order chi connectivity index (χ1) is 9.61. The second-order valence-electron chi connectivity index (χ2n) is 4.65. The van der Waals surface area contributed by atoms with Gasteiger partial charge < -0.3 is 10.6 Å². The van der Waals surface area contributed by atoms with Crippen LogP contribution in [0, 0.1) is 6.92 Å². The minimum atomic E-state index is -0.222. The van der Waals surface area contributed by atoms with Crippen molar-refractivity contribution in [3.05, 3.63) is 41.5 Å². The van der Waals surface area contributed by atoms with Crippen molar-refractivity contribution in [1.82, 2.24) is 20.5 Å². The molecule has 20 heavy (non-hydrogen) atoms. The molecule has 0 fully saturated rings. The molecule has 106 valence electrons. The molecule has 1 heterocycles. The summed E-state index contributed by atoms with van der Waals surface area (Å²) in [6, 6.07) is 5.50. The van der Waals surface area contributed by atoms with Gasteiger partial charge in [-0.15, -0.1) is 0 Å². The number of amides is 1. The fraction of sp³-hybridized carbons (Fsp3) is 0.357. The number of carbonyl (C=O) groups excluding carboxylic acids is 1. The third-order valence-electron chi connectivity index (χ3n) is 2.98. The minimum Gasteiger partial charge on any atom is -0.385 e. The highest BCUT2D eigenvalue weighted by Gasteiger charge is 2.16. The fourth-order valence-corrected chi connectivity index (χ4v) is 1.96. The summed E-state index contributed by atoms with van der Waals surface area (Å²) in [6.45, 7) is 6.63. The lowest BCUT2D eigenvalue weighted by Crippen LogP contribution is -2.28. The summed E-state index contributed by atoms with van der Waals surface area (Å²) in [6.07, 6.45) is 1.42. The molecular weight excluding hydrogens is 254 g/mol. The summed E-state index contributed by atoms with van der Waals surface area (Å²) in [5.74, 6) is 0.500. The molecule has 0 aliphatic heterocycles. The van der Waals surface area contributed by atoms with Gasteiger partial charge >= 0.3 is 0 Å². The zero-order valence-electron chi connectivity index (χ0n) is 11.9. The minimum absolute atomic E-state index is 0.134. The number of benzene rings is 1. The molecule has 0 radical (unpaired) electrons. The second kappa shape index (κ2) is 6.18. The lowest BCUT2D eigenvalue weighted by Gasteiger charge is -2.15. The number of nitrogens with zero attached hydrogens (tertiary/aromatic N) is 2. The Morgan fingerprint density at radius 2 is 2.25 bits per heavy atom. The first-order valence-electron chi connectivity index (χ1n) is 6.62. The van der Waals surface area contributed by atoms with Crippen molar-refractivity contribution in [2.45, 2.75) is 26.8 Å². The van der Waals surface area contributed by atoms with Crippen molar-refractivity contribution in [3.63, 3.8) is 0 Å². The van der Waals surface area contributed by atoms with E-state index in [9.17, 15) is 4.79 Å². The number of hydrogen-bond donors (Lipinski definition) is 3. The van der Waals surface area contributed by atoms with Gasteiger partial charge in [0, 0.05) is 12.2 Å². The van der Waals surface area contributed by atoms with Crippen LogP contribution in [0.5, 0.6) is 0 Å². The van der Waals surface area contributed by atoms with Crippen molar-refractivity contribution < 1.29 is 4.79 Å². The fourth-order valence-electron chi connectivity index (χ4n) is 1.96. The maximum absolute atomic E-state index is 12.3. The Kier molecular flexibility index (Phi) is 4.34. The summed E-state index contributed by atoms with van der Waals surface area (Å²) >= 11 is 0. The summed E-state index contributed by atoms with van der Waals surface area (Å²) in [5, 5.41) is 12.6. The Labute approximate surface area is 118 Å². The molecule has 0 aliphatic rings. The molecule has 0 aliphatic carbocycles. The van der Waals surface area contributed by atoms with Gasteiger partial charge in [0.1, 0.15) is 12.2 Å². The molecule has 0 spiro atoms. The van der Waals surface area contributed by atoms with Gasteiger partial charge in [-0.05, 0) is 38.5 Å². The van der Waals surface area contributed by atoms with Gasteiger partial charge in [-0.3, -0.25) is 9.89 Å². The summed E-state index contributed by atoms with van der Waals surface area (Å²) < 4.78 is 0. The lowest BCUT2D eigenvalue weighted by molar-refractivity contribution is 0.0939. The van der Waals surface area contributed by atoms with Crippen LogP contribution >= 0.6 is 0 Å². The van der Waals surface area contributed by atoms with Gasteiger partial charge in [0.05, 0.1) is 11.6 Å². The van der Waals surface area contributed by atoms with Gasteiger partial charge in [-0.25, -0.2) is 4.98 Å². The van der Waals surface area contributed by atoms with E-state index in [1.54, 1.807) is 0 Å². The van der Waals surface area contributed by atoms with E-state index in [2.05, 4.69) is 25.8 Å². The maximum atomic E-state index is 12.3. The average Bonchev–Trinajstić information content (AvgIpc) is 2.93. The summed E-state index contributed by atoms with van der Waals surface area (Å²) in [5.41, 5.74) is 2.58. The van der Waals surface area contributed by atoms with E-state index in [4.69, 9.17) is 0 Å². The molecular formula is C14H19N5O. The largest absolute Gasteiger partial charge is 0.385 e. The monoisotopic (exact) mass is 273 g/mol. The molecule has 0 saturated carbocycles. The molecule has 0 saturated heterocycles. The Morgan fingerprint density at radius 3 is 2.90 bits per heavy atom. The van der Waals surface area contributed by atoms with E-state index in [-0.39, 0.29) is 11.9 Å². The average molecular weight is 273 g/mol. The molecule has 1 amide bonds. The van der Waals surface area contributed by atoms with Gasteiger partial charge in [-0.2, -0.15) is 5.10 Å². The van der Waals surface area contributed by atoms with Crippen LogP contribution in [0.4, 0.5) is 5.69 Å². The number of anilines is 1. The molecule has 6 nitrogen and oxygen atoms in total. The third kappa shape index (κ3) is 3.14. The maximum Gasteiger partial charge on any atom is 0.253 e. The highest BCUT2D eigenvalue weighted by Crippen LogP contribution is 2.18. The van der Waals surface area contributed by atoms with Crippen LogP contribution in [-0.4, -0.2) is 27.6 Å². The highest BCUT2D eigenvalue weighted by atomic mass is 16.1. The molecule has 2 rings (SSSR count). The van der Waals surface area contributed by atoms with E-state index in [0.717, 1.165) is 17.8 Å². The van der Waals surface area contributed by atoms with Crippen molar-refractivity contribution >= 4 is 11.6 Å². The molecule has 0 bridgehead atoms. The van der Waals surface area contributed by atoms with Crippen molar-refractivity contribution in [1.29, 1.82) is 0 Å². The molecule has 2 aromatic rings. The van der Waals surface area contributed by atoms with Crippen LogP contribution in [0.3, 0.4) is 0 Å². The van der Waals surface area contributed by atoms with Crippen LogP contribution in [0.2, 0.25) is 0 Å². The number of rotatable bonds is 5. The Hall–Kier alpha value is -2.37. The smallest absolute Gasteiger partial charge is 0.253 e. The van der Waals surface area contributed by atoms with Crippen molar-refractivity contribution in [3.8, 4) is 0 Å². The van der Waals surface area contributed by atoms with Gasteiger partial charge in [0.15, 0.2) is 0 Å². The van der Waals surface area contributed by atoms with E-state index in [1.165, 1.54) is 6.33 Å². The molecule has 1 aromatic heterocycles. The number of H-pyrrole nitrogens is 1. The number of carbonyl (C=O) groups is 1. The normalized spacial score (nSPS) is 11.9. The number of aromatic amines is 1. The predicted octanol–water partition coefficient (Wildman–Crippen LogP) is 2.04. The molecule has 6 heteroatoms. The Morgan fingerprint density at radius 1 is 1.45 bits per heavy atom.